The van der Waals surface area contributed by atoms with Crippen LogP contribution in [0.5, 0.6) is 0 Å². The number of H-pyrrole nitrogens is 1. The molecular formula is C9H6ClIN4S. The molecule has 82 valence electrons. The van der Waals surface area contributed by atoms with Crippen LogP contribution in [-0.4, -0.2) is 15.0 Å². The van der Waals surface area contributed by atoms with Gasteiger partial charge in [0.25, 0.3) is 0 Å². The first kappa shape index (κ1) is 11.7. The molecule has 1 aromatic carbocycles. The topological polar surface area (TPSA) is 67.6 Å². The van der Waals surface area contributed by atoms with Crippen molar-refractivity contribution in [1.82, 2.24) is 15.0 Å². The summed E-state index contributed by atoms with van der Waals surface area (Å²) in [5, 5.41) is 0.631. The van der Waals surface area contributed by atoms with Gasteiger partial charge in [0.15, 0.2) is 0 Å². The third kappa shape index (κ3) is 2.50. The molecule has 1 heterocycles. The van der Waals surface area contributed by atoms with Crippen molar-refractivity contribution in [2.45, 2.75) is 0 Å². The molecular weight excluding hydrogens is 359 g/mol. The minimum absolute atomic E-state index is 0.210. The van der Waals surface area contributed by atoms with Crippen molar-refractivity contribution in [3.63, 3.8) is 0 Å². The number of hydrogen-bond acceptors (Lipinski definition) is 4. The fourth-order valence-corrected chi connectivity index (χ4v) is 2.16. The largest absolute Gasteiger partial charge is 0.369 e. The molecule has 0 radical (unpaired) electrons. The summed E-state index contributed by atoms with van der Waals surface area (Å²) in [7, 11) is 0. The first-order valence-corrected chi connectivity index (χ1v) is 6.12. The van der Waals surface area contributed by atoms with Gasteiger partial charge < -0.3 is 10.7 Å². The molecule has 2 rings (SSSR count). The van der Waals surface area contributed by atoms with Gasteiger partial charge in [-0.15, -0.1) is 0 Å². The minimum atomic E-state index is 0.210. The highest BCUT2D eigenvalue weighted by Gasteiger charge is 2.07. The molecule has 0 saturated carbocycles. The summed E-state index contributed by atoms with van der Waals surface area (Å²) in [6, 6.07) is 5.51. The Morgan fingerprint density at radius 1 is 1.38 bits per heavy atom. The summed E-state index contributed by atoms with van der Waals surface area (Å²) in [6.45, 7) is 0. The van der Waals surface area contributed by atoms with E-state index in [4.69, 9.17) is 29.6 Å². The van der Waals surface area contributed by atoms with Crippen molar-refractivity contribution in [3.05, 3.63) is 31.6 Å². The van der Waals surface area contributed by atoms with E-state index in [2.05, 4.69) is 37.5 Å². The maximum atomic E-state index is 5.93. The molecule has 4 nitrogen and oxygen atoms in total. The minimum Gasteiger partial charge on any atom is -0.369 e. The molecule has 1 aromatic heterocycles. The molecule has 7 heteroatoms. The second kappa shape index (κ2) is 4.64. The quantitative estimate of drug-likeness (QED) is 0.603. The Balaban J connectivity index is 2.66. The van der Waals surface area contributed by atoms with Crippen LogP contribution < -0.4 is 5.73 Å². The van der Waals surface area contributed by atoms with E-state index >= 15 is 0 Å². The average Bonchev–Trinajstić information content (AvgIpc) is 2.20. The Morgan fingerprint density at radius 2 is 2.12 bits per heavy atom. The smallest absolute Gasteiger partial charge is 0.224 e. The van der Waals surface area contributed by atoms with Gasteiger partial charge in [0.05, 0.1) is 0 Å². The third-order valence-corrected chi connectivity index (χ3v) is 3.21. The summed E-state index contributed by atoms with van der Waals surface area (Å²) < 4.78 is 1.22. The van der Waals surface area contributed by atoms with Gasteiger partial charge in [0, 0.05) is 14.2 Å². The van der Waals surface area contributed by atoms with E-state index in [1.807, 2.05) is 12.1 Å². The number of hydrogen-bond donors (Lipinski definition) is 2. The number of benzene rings is 1. The number of anilines is 1. The van der Waals surface area contributed by atoms with E-state index < -0.39 is 0 Å². The van der Waals surface area contributed by atoms with Crippen molar-refractivity contribution < 1.29 is 0 Å². The van der Waals surface area contributed by atoms with Gasteiger partial charge in [-0.05, 0) is 53.0 Å². The van der Waals surface area contributed by atoms with Crippen LogP contribution in [0.15, 0.2) is 18.2 Å². The lowest BCUT2D eigenvalue weighted by atomic mass is 10.2. The molecule has 0 spiro atoms. The Bertz CT molecular complexity index is 598. The molecule has 0 unspecified atom stereocenters. The standard InChI is InChI=1S/C9H6ClIN4S/c10-4-1-2-6(11)5(3-4)7-13-8(12)15-9(16)14-7/h1-3H,(H3,12,13,14,15,16). The van der Waals surface area contributed by atoms with Crippen LogP contribution in [0.2, 0.25) is 5.02 Å². The lowest BCUT2D eigenvalue weighted by molar-refractivity contribution is 1.05. The van der Waals surface area contributed by atoms with Gasteiger partial charge in [-0.25, -0.2) is 4.98 Å². The first-order chi connectivity index (χ1) is 7.56. The zero-order valence-electron chi connectivity index (χ0n) is 7.87. The number of nitrogens with one attached hydrogen (secondary N) is 1. The molecule has 0 bridgehead atoms. The van der Waals surface area contributed by atoms with E-state index in [0.29, 0.717) is 10.8 Å². The number of aromatic nitrogens is 3. The van der Waals surface area contributed by atoms with Crippen LogP contribution >= 0.6 is 46.4 Å². The van der Waals surface area contributed by atoms with Crippen molar-refractivity contribution in [1.29, 1.82) is 0 Å². The van der Waals surface area contributed by atoms with Gasteiger partial charge in [-0.1, -0.05) is 11.6 Å². The van der Waals surface area contributed by atoms with Crippen LogP contribution in [-0.2, 0) is 0 Å². The van der Waals surface area contributed by atoms with E-state index in [0.717, 1.165) is 9.13 Å². The van der Waals surface area contributed by atoms with Crippen molar-refractivity contribution in [2.24, 2.45) is 0 Å². The second-order valence-corrected chi connectivity index (χ2v) is 4.95. The summed E-state index contributed by atoms with van der Waals surface area (Å²) in [5.74, 6) is 0.815. The van der Waals surface area contributed by atoms with E-state index in [-0.39, 0.29) is 10.7 Å². The number of rotatable bonds is 1. The molecule has 2 aromatic rings. The fraction of sp³-hybridized carbons (Fsp3) is 0. The molecule has 16 heavy (non-hydrogen) atoms. The number of nitrogens with zero attached hydrogens (tertiary/aromatic N) is 2. The molecule has 0 atom stereocenters. The zero-order valence-corrected chi connectivity index (χ0v) is 11.6. The normalized spacial score (nSPS) is 10.4. The number of aromatic amines is 1. The Kier molecular flexibility index (Phi) is 3.41. The Morgan fingerprint density at radius 3 is 2.81 bits per heavy atom. The predicted molar refractivity (Wildman–Crippen MR) is 74.8 cm³/mol. The molecule has 0 amide bonds. The van der Waals surface area contributed by atoms with Gasteiger partial charge in [-0.2, -0.15) is 4.98 Å². The lowest BCUT2D eigenvalue weighted by Crippen LogP contribution is -2.00. The molecule has 0 aliphatic carbocycles. The number of halogens is 2. The van der Waals surface area contributed by atoms with Gasteiger partial charge in [0.2, 0.25) is 10.7 Å². The van der Waals surface area contributed by atoms with Crippen molar-refractivity contribution in [2.75, 3.05) is 5.73 Å². The maximum absolute atomic E-state index is 5.93. The summed E-state index contributed by atoms with van der Waals surface area (Å²) >= 11 is 13.0. The third-order valence-electron chi connectivity index (χ3n) is 1.85. The summed E-state index contributed by atoms with van der Waals surface area (Å²) in [6.07, 6.45) is 0. The molecule has 0 aliphatic rings. The van der Waals surface area contributed by atoms with Crippen molar-refractivity contribution >= 4 is 52.4 Å². The first-order valence-electron chi connectivity index (χ1n) is 4.25. The van der Waals surface area contributed by atoms with Crippen LogP contribution in [0.4, 0.5) is 5.95 Å². The average molecular weight is 365 g/mol. The Hall–Kier alpha value is -0.730. The van der Waals surface area contributed by atoms with Crippen LogP contribution in [0.3, 0.4) is 0 Å². The molecule has 0 aliphatic heterocycles. The van der Waals surface area contributed by atoms with Crippen molar-refractivity contribution in [3.8, 4) is 11.4 Å². The monoisotopic (exact) mass is 364 g/mol. The second-order valence-electron chi connectivity index (χ2n) is 2.99. The Labute approximate surface area is 115 Å². The lowest BCUT2D eigenvalue weighted by Gasteiger charge is -2.05. The van der Waals surface area contributed by atoms with Crippen LogP contribution in [0.25, 0.3) is 11.4 Å². The van der Waals surface area contributed by atoms with Gasteiger partial charge in [0.1, 0.15) is 5.82 Å². The van der Waals surface area contributed by atoms with Gasteiger partial charge >= 0.3 is 0 Å². The molecule has 0 fully saturated rings. The van der Waals surface area contributed by atoms with Gasteiger partial charge in [-0.3, -0.25) is 0 Å². The number of nitrogens with two attached hydrogens (primary N) is 1. The molecule has 3 N–H and O–H groups in total. The maximum Gasteiger partial charge on any atom is 0.224 e. The van der Waals surface area contributed by atoms with E-state index in [9.17, 15) is 0 Å². The van der Waals surface area contributed by atoms with E-state index in [1.54, 1.807) is 6.07 Å². The highest BCUT2D eigenvalue weighted by atomic mass is 127. The summed E-state index contributed by atoms with van der Waals surface area (Å²) in [4.78, 5) is 10.8. The molecule has 0 saturated heterocycles. The van der Waals surface area contributed by atoms with Crippen LogP contribution in [0, 0.1) is 8.34 Å². The predicted octanol–water partition coefficient (Wildman–Crippen LogP) is 3.04. The highest BCUT2D eigenvalue weighted by Crippen LogP contribution is 2.25. The fourth-order valence-electron chi connectivity index (χ4n) is 1.21. The SMILES string of the molecule is Nc1nc(=S)nc(-c2cc(Cl)ccc2I)[nH]1. The number of nitrogen functional groups attached to an aromatic ring is 1. The summed E-state index contributed by atoms with van der Waals surface area (Å²) in [5.41, 5.74) is 6.43. The zero-order chi connectivity index (χ0) is 11.7. The van der Waals surface area contributed by atoms with Crippen LogP contribution in [0.1, 0.15) is 0 Å². The highest BCUT2D eigenvalue weighted by molar-refractivity contribution is 14.1. The van der Waals surface area contributed by atoms with E-state index in [1.165, 1.54) is 0 Å².